The minimum absolute atomic E-state index is 0.0236. The van der Waals surface area contributed by atoms with Gasteiger partial charge < -0.3 is 20.6 Å². The summed E-state index contributed by atoms with van der Waals surface area (Å²) >= 11 is 6.48. The SMILES string of the molecule is O=C(CCCC(=O)NC1N=C(c2ccc(O)cc2)c2cc(Cl)ccc2N(Cc2ccc(-c3ccccc3)cc2)C1=O)Nc1ccccc1. The predicted octanol–water partition coefficient (Wildman–Crippen LogP) is 7.35. The summed E-state index contributed by atoms with van der Waals surface area (Å²) in [4.78, 5) is 46.4. The number of hydrogen-bond donors (Lipinski definition) is 3. The van der Waals surface area contributed by atoms with Crippen LogP contribution in [0.15, 0.2) is 132 Å². The Morgan fingerprint density at radius 3 is 2.08 bits per heavy atom. The third kappa shape index (κ3) is 7.79. The molecule has 240 valence electrons. The Hall–Kier alpha value is -5.73. The Kier molecular flexibility index (Phi) is 9.93. The first kappa shape index (κ1) is 32.2. The lowest BCUT2D eigenvalue weighted by Gasteiger charge is -2.26. The number of amides is 3. The number of carbonyl (C=O) groups excluding carboxylic acids is 3. The monoisotopic (exact) mass is 656 g/mol. The standard InChI is InChI=1S/C39H33ClN4O4/c40-30-20-23-34-33(24-30)37(29-18-21-32(45)22-19-29)43-38(42-36(47)13-7-12-35(46)41-31-10-5-2-6-11-31)39(48)44(34)25-26-14-16-28(17-15-26)27-8-3-1-4-9-27/h1-6,8-11,14-24,38,45H,7,12-13,25H2,(H,41,46)(H,42,47). The van der Waals surface area contributed by atoms with Crippen LogP contribution in [0.2, 0.25) is 5.02 Å². The molecule has 0 spiro atoms. The van der Waals surface area contributed by atoms with Crippen molar-refractivity contribution in [3.05, 3.63) is 149 Å². The largest absolute Gasteiger partial charge is 0.508 e. The topological polar surface area (TPSA) is 111 Å². The second kappa shape index (κ2) is 14.8. The molecule has 3 amide bonds. The molecule has 1 aliphatic rings. The molecule has 0 aromatic heterocycles. The van der Waals surface area contributed by atoms with E-state index in [0.717, 1.165) is 16.7 Å². The van der Waals surface area contributed by atoms with E-state index in [2.05, 4.69) is 10.6 Å². The van der Waals surface area contributed by atoms with Crippen LogP contribution in [-0.4, -0.2) is 34.7 Å². The van der Waals surface area contributed by atoms with Gasteiger partial charge in [-0.1, -0.05) is 84.4 Å². The number of rotatable bonds is 10. The zero-order valence-corrected chi connectivity index (χ0v) is 26.7. The number of halogens is 1. The molecular formula is C39H33ClN4O4. The number of benzodiazepines with no additional fused rings is 1. The molecular weight excluding hydrogens is 624 g/mol. The highest BCUT2D eigenvalue weighted by atomic mass is 35.5. The van der Waals surface area contributed by atoms with Crippen LogP contribution in [-0.2, 0) is 20.9 Å². The Morgan fingerprint density at radius 2 is 1.38 bits per heavy atom. The molecule has 3 N–H and O–H groups in total. The van der Waals surface area contributed by atoms with Crippen molar-refractivity contribution in [2.24, 2.45) is 4.99 Å². The third-order valence-corrected chi connectivity index (χ3v) is 8.20. The molecule has 1 atom stereocenters. The first-order chi connectivity index (χ1) is 23.3. The molecule has 6 rings (SSSR count). The van der Waals surface area contributed by atoms with Crippen LogP contribution in [0, 0.1) is 0 Å². The van der Waals surface area contributed by atoms with E-state index in [0.29, 0.717) is 33.2 Å². The molecule has 1 heterocycles. The number of nitrogens with zero attached hydrogens (tertiary/aromatic N) is 2. The van der Waals surface area contributed by atoms with E-state index >= 15 is 0 Å². The fourth-order valence-corrected chi connectivity index (χ4v) is 5.73. The van der Waals surface area contributed by atoms with Gasteiger partial charge in [-0.2, -0.15) is 0 Å². The Labute approximate surface area is 283 Å². The Morgan fingerprint density at radius 1 is 0.750 bits per heavy atom. The molecule has 0 radical (unpaired) electrons. The van der Waals surface area contributed by atoms with Crippen LogP contribution < -0.4 is 15.5 Å². The van der Waals surface area contributed by atoms with Gasteiger partial charge in [0.25, 0.3) is 5.91 Å². The van der Waals surface area contributed by atoms with Crippen LogP contribution in [0.3, 0.4) is 0 Å². The van der Waals surface area contributed by atoms with E-state index in [1.807, 2.05) is 72.8 Å². The van der Waals surface area contributed by atoms with Gasteiger partial charge in [0.1, 0.15) is 5.75 Å². The van der Waals surface area contributed by atoms with Crippen LogP contribution >= 0.6 is 11.6 Å². The zero-order chi connectivity index (χ0) is 33.5. The van der Waals surface area contributed by atoms with Crippen molar-refractivity contribution < 1.29 is 19.5 Å². The molecule has 8 nitrogen and oxygen atoms in total. The summed E-state index contributed by atoms with van der Waals surface area (Å²) in [6.45, 7) is 0.215. The number of carbonyl (C=O) groups is 3. The molecule has 5 aromatic carbocycles. The van der Waals surface area contributed by atoms with Crippen molar-refractivity contribution in [2.75, 3.05) is 10.2 Å². The summed E-state index contributed by atoms with van der Waals surface area (Å²) in [6, 6.07) is 38.8. The van der Waals surface area contributed by atoms with E-state index < -0.39 is 18.0 Å². The molecule has 1 aliphatic heterocycles. The summed E-state index contributed by atoms with van der Waals surface area (Å²) in [7, 11) is 0. The lowest BCUT2D eigenvalue weighted by molar-refractivity contribution is -0.127. The van der Waals surface area contributed by atoms with Crippen molar-refractivity contribution in [3.63, 3.8) is 0 Å². The number of hydrogen-bond acceptors (Lipinski definition) is 5. The number of phenols is 1. The first-order valence-corrected chi connectivity index (χ1v) is 16.0. The van der Waals surface area contributed by atoms with Crippen molar-refractivity contribution in [2.45, 2.75) is 32.0 Å². The van der Waals surface area contributed by atoms with Crippen LogP contribution in [0.25, 0.3) is 11.1 Å². The minimum atomic E-state index is -1.26. The maximum absolute atomic E-state index is 14.3. The first-order valence-electron chi connectivity index (χ1n) is 15.6. The van der Waals surface area contributed by atoms with Crippen molar-refractivity contribution in [3.8, 4) is 16.9 Å². The smallest absolute Gasteiger partial charge is 0.272 e. The van der Waals surface area contributed by atoms with Crippen LogP contribution in [0.4, 0.5) is 11.4 Å². The van der Waals surface area contributed by atoms with Gasteiger partial charge in [-0.05, 0) is 77.7 Å². The molecule has 1 unspecified atom stereocenters. The Balaban J connectivity index is 1.27. The fraction of sp³-hybridized carbons (Fsp3) is 0.128. The van der Waals surface area contributed by atoms with E-state index in [4.69, 9.17) is 16.6 Å². The summed E-state index contributed by atoms with van der Waals surface area (Å²) in [5.74, 6) is -0.957. The number of nitrogens with one attached hydrogen (secondary N) is 2. The number of fused-ring (bicyclic) bond motifs is 1. The number of phenolic OH excluding ortho intramolecular Hbond substituents is 1. The van der Waals surface area contributed by atoms with E-state index in [1.165, 1.54) is 12.1 Å². The van der Waals surface area contributed by atoms with Gasteiger partial charge >= 0.3 is 0 Å². The molecule has 9 heteroatoms. The van der Waals surface area contributed by atoms with Gasteiger partial charge in [0.15, 0.2) is 0 Å². The number of aromatic hydroxyl groups is 1. The molecule has 0 saturated heterocycles. The molecule has 0 bridgehead atoms. The second-order valence-corrected chi connectivity index (χ2v) is 11.8. The maximum Gasteiger partial charge on any atom is 0.272 e. The van der Waals surface area contributed by atoms with Crippen LogP contribution in [0.5, 0.6) is 5.75 Å². The molecule has 0 fully saturated rings. The van der Waals surface area contributed by atoms with Gasteiger partial charge in [0.2, 0.25) is 18.0 Å². The summed E-state index contributed by atoms with van der Waals surface area (Å²) in [5, 5.41) is 16.0. The van der Waals surface area contributed by atoms with E-state index in [9.17, 15) is 19.5 Å². The minimum Gasteiger partial charge on any atom is -0.508 e. The lowest BCUT2D eigenvalue weighted by Crippen LogP contribution is -2.47. The van der Waals surface area contributed by atoms with Crippen molar-refractivity contribution >= 4 is 46.4 Å². The van der Waals surface area contributed by atoms with Gasteiger partial charge in [-0.3, -0.25) is 14.4 Å². The highest BCUT2D eigenvalue weighted by molar-refractivity contribution is 6.32. The molecule has 0 aliphatic carbocycles. The number of anilines is 2. The highest BCUT2D eigenvalue weighted by Gasteiger charge is 2.33. The predicted molar refractivity (Wildman–Crippen MR) is 189 cm³/mol. The number of benzene rings is 5. The number of aliphatic imine (C=N–C) groups is 1. The third-order valence-electron chi connectivity index (χ3n) is 7.97. The van der Waals surface area contributed by atoms with Crippen molar-refractivity contribution in [1.82, 2.24) is 5.32 Å². The Bertz CT molecular complexity index is 1950. The normalized spacial score (nSPS) is 14.0. The van der Waals surface area contributed by atoms with E-state index in [-0.39, 0.29) is 37.5 Å². The lowest BCUT2D eigenvalue weighted by atomic mass is 9.99. The quantitative estimate of drug-likeness (QED) is 0.146. The number of para-hydroxylation sites is 1. The summed E-state index contributed by atoms with van der Waals surface area (Å²) < 4.78 is 0. The average molecular weight is 657 g/mol. The average Bonchev–Trinajstić information content (AvgIpc) is 3.20. The summed E-state index contributed by atoms with van der Waals surface area (Å²) in [5.41, 5.74) is 5.96. The molecule has 0 saturated carbocycles. The second-order valence-electron chi connectivity index (χ2n) is 11.4. The zero-order valence-electron chi connectivity index (χ0n) is 26.0. The van der Waals surface area contributed by atoms with Crippen molar-refractivity contribution in [1.29, 1.82) is 0 Å². The van der Waals surface area contributed by atoms with Crippen LogP contribution in [0.1, 0.15) is 36.0 Å². The maximum atomic E-state index is 14.3. The van der Waals surface area contributed by atoms with Gasteiger partial charge in [0, 0.05) is 34.7 Å². The fourth-order valence-electron chi connectivity index (χ4n) is 5.55. The van der Waals surface area contributed by atoms with E-state index in [1.54, 1.807) is 47.4 Å². The summed E-state index contributed by atoms with van der Waals surface area (Å²) in [6.07, 6.45) is -0.810. The van der Waals surface area contributed by atoms with Gasteiger partial charge in [0.05, 0.1) is 17.9 Å². The molecule has 5 aromatic rings. The van der Waals surface area contributed by atoms with Gasteiger partial charge in [-0.25, -0.2) is 4.99 Å². The molecule has 48 heavy (non-hydrogen) atoms. The van der Waals surface area contributed by atoms with Gasteiger partial charge in [-0.15, -0.1) is 0 Å². The highest BCUT2D eigenvalue weighted by Crippen LogP contribution is 2.33.